The summed E-state index contributed by atoms with van der Waals surface area (Å²) in [5, 5.41) is 6.95. The average Bonchev–Trinajstić information content (AvgIpc) is 3.68. The van der Waals surface area contributed by atoms with Crippen molar-refractivity contribution in [2.75, 3.05) is 11.4 Å². The zero-order valence-electron chi connectivity index (χ0n) is 22.3. The first-order valence-electron chi connectivity index (χ1n) is 14.4. The second kappa shape index (κ2) is 10.1. The van der Waals surface area contributed by atoms with Crippen LogP contribution in [0.4, 0.5) is 5.95 Å². The van der Waals surface area contributed by atoms with E-state index in [0.29, 0.717) is 22.7 Å². The number of hydrogen-bond donors (Lipinski definition) is 1. The molecule has 9 nitrogen and oxygen atoms in total. The smallest absolute Gasteiger partial charge is 0.386 e. The molecule has 204 valence electrons. The van der Waals surface area contributed by atoms with E-state index in [1.807, 2.05) is 12.1 Å². The summed E-state index contributed by atoms with van der Waals surface area (Å²) in [5.41, 5.74) is 3.78. The maximum Gasteiger partial charge on any atom is 0.434 e. The Labute approximate surface area is 232 Å². The number of anilines is 1. The molecule has 2 atom stereocenters. The van der Waals surface area contributed by atoms with Crippen molar-refractivity contribution in [3.05, 3.63) is 40.1 Å². The summed E-state index contributed by atoms with van der Waals surface area (Å²) in [6.45, 7) is 4.30. The van der Waals surface area contributed by atoms with Gasteiger partial charge in [-0.25, -0.2) is 19.9 Å². The van der Waals surface area contributed by atoms with Gasteiger partial charge in [-0.2, -0.15) is 0 Å². The fourth-order valence-electron chi connectivity index (χ4n) is 7.20. The largest absolute Gasteiger partial charge is 0.434 e. The lowest BCUT2D eigenvalue weighted by Gasteiger charge is -2.39. The number of pyridine rings is 2. The van der Waals surface area contributed by atoms with Crippen molar-refractivity contribution < 1.29 is 4.42 Å². The van der Waals surface area contributed by atoms with Crippen LogP contribution in [-0.2, 0) is 6.54 Å². The molecule has 0 bridgehead atoms. The third kappa shape index (κ3) is 4.64. The predicted molar refractivity (Wildman–Crippen MR) is 151 cm³/mol. The van der Waals surface area contributed by atoms with Crippen LogP contribution in [-0.4, -0.2) is 42.3 Å². The highest BCUT2D eigenvalue weighted by Crippen LogP contribution is 2.42. The van der Waals surface area contributed by atoms with E-state index >= 15 is 0 Å². The minimum atomic E-state index is -0.615. The van der Waals surface area contributed by atoms with Crippen molar-refractivity contribution in [1.29, 1.82) is 0 Å². The normalized spacial score (nSPS) is 25.3. The summed E-state index contributed by atoms with van der Waals surface area (Å²) in [7, 11) is 0. The zero-order valence-corrected chi connectivity index (χ0v) is 23.0. The van der Waals surface area contributed by atoms with Gasteiger partial charge in [0.1, 0.15) is 5.69 Å². The number of H-pyrrole nitrogens is 1. The zero-order chi connectivity index (χ0) is 26.5. The molecular formula is C29H34ClN7O2. The third-order valence-corrected chi connectivity index (χ3v) is 9.37. The maximum atomic E-state index is 11.8. The summed E-state index contributed by atoms with van der Waals surface area (Å²) in [5.74, 6) is 2.70. The van der Waals surface area contributed by atoms with Gasteiger partial charge in [0.25, 0.3) is 5.89 Å². The van der Waals surface area contributed by atoms with E-state index < -0.39 is 5.76 Å². The molecule has 2 saturated carbocycles. The van der Waals surface area contributed by atoms with Crippen LogP contribution < -0.4 is 10.7 Å². The highest BCUT2D eigenvalue weighted by Gasteiger charge is 2.38. The van der Waals surface area contributed by atoms with E-state index in [2.05, 4.69) is 31.6 Å². The van der Waals surface area contributed by atoms with Crippen molar-refractivity contribution in [2.24, 2.45) is 17.8 Å². The van der Waals surface area contributed by atoms with E-state index in [0.717, 1.165) is 53.2 Å². The lowest BCUT2D eigenvalue weighted by atomic mass is 9.83. The molecule has 0 aromatic carbocycles. The first-order valence-corrected chi connectivity index (χ1v) is 14.8. The second-order valence-corrected chi connectivity index (χ2v) is 12.2. The minimum Gasteiger partial charge on any atom is -0.386 e. The molecule has 2 unspecified atom stereocenters. The van der Waals surface area contributed by atoms with Gasteiger partial charge in [0.15, 0.2) is 0 Å². The van der Waals surface area contributed by atoms with Crippen molar-refractivity contribution in [1.82, 2.24) is 29.7 Å². The number of halogens is 1. The Morgan fingerprint density at radius 2 is 1.90 bits per heavy atom. The van der Waals surface area contributed by atoms with Crippen molar-refractivity contribution in [2.45, 2.75) is 77.3 Å². The molecule has 7 rings (SSSR count). The van der Waals surface area contributed by atoms with E-state index in [9.17, 15) is 4.79 Å². The van der Waals surface area contributed by atoms with E-state index in [1.165, 1.54) is 57.8 Å². The number of hydrogen-bond acceptors (Lipinski definition) is 7. The van der Waals surface area contributed by atoms with Gasteiger partial charge in [0.2, 0.25) is 5.95 Å². The summed E-state index contributed by atoms with van der Waals surface area (Å²) in [6, 6.07) is 4.32. The molecule has 0 amide bonds. The summed E-state index contributed by atoms with van der Waals surface area (Å²) < 4.78 is 7.74. The standard InChI is InChI=1S/C29H34ClN7O2/c1-17-7-9-18(10-8-17)16-37-26-22(33-28(37)36-11-3-5-19-4-2-6-24(19)36)13-23(27-34-35-29(38)39-27)32-25(26)20-12-21(30)15-31-14-20/h12-15,17-19,24H,2-11,16H2,1H3,(H,35,38). The highest BCUT2D eigenvalue weighted by atomic mass is 35.5. The third-order valence-electron chi connectivity index (χ3n) is 9.17. The molecule has 2 aliphatic carbocycles. The summed E-state index contributed by atoms with van der Waals surface area (Å²) in [4.78, 5) is 29.0. The van der Waals surface area contributed by atoms with Crippen molar-refractivity contribution in [3.8, 4) is 22.8 Å². The predicted octanol–water partition coefficient (Wildman–Crippen LogP) is 6.09. The molecule has 3 fully saturated rings. The molecular weight excluding hydrogens is 514 g/mol. The number of imidazole rings is 1. The molecule has 3 aliphatic rings. The second-order valence-electron chi connectivity index (χ2n) is 11.8. The number of nitrogens with one attached hydrogen (secondary N) is 1. The first kappa shape index (κ1) is 24.8. The maximum absolute atomic E-state index is 11.8. The van der Waals surface area contributed by atoms with Crippen LogP contribution in [0.15, 0.2) is 33.7 Å². The van der Waals surface area contributed by atoms with Gasteiger partial charge in [-0.05, 0) is 68.4 Å². The number of rotatable bonds is 5. The lowest BCUT2D eigenvalue weighted by molar-refractivity contribution is 0.265. The van der Waals surface area contributed by atoms with Gasteiger partial charge in [-0.1, -0.05) is 37.8 Å². The fourth-order valence-corrected chi connectivity index (χ4v) is 7.37. The van der Waals surface area contributed by atoms with Crippen LogP contribution in [0.1, 0.15) is 64.7 Å². The fraction of sp³-hybridized carbons (Fsp3) is 0.552. The van der Waals surface area contributed by atoms with Gasteiger partial charge in [-0.3, -0.25) is 4.98 Å². The Morgan fingerprint density at radius 1 is 1.05 bits per heavy atom. The van der Waals surface area contributed by atoms with Gasteiger partial charge < -0.3 is 13.9 Å². The van der Waals surface area contributed by atoms with Crippen molar-refractivity contribution in [3.63, 3.8) is 0 Å². The van der Waals surface area contributed by atoms with Crippen LogP contribution in [0.2, 0.25) is 5.02 Å². The molecule has 1 aliphatic heterocycles. The number of aromatic amines is 1. The molecule has 1 N–H and O–H groups in total. The first-order chi connectivity index (χ1) is 19.0. The van der Waals surface area contributed by atoms with E-state index in [-0.39, 0.29) is 5.89 Å². The minimum absolute atomic E-state index is 0.143. The van der Waals surface area contributed by atoms with Gasteiger partial charge >= 0.3 is 5.76 Å². The van der Waals surface area contributed by atoms with Gasteiger partial charge in [0.05, 0.1) is 21.7 Å². The summed E-state index contributed by atoms with van der Waals surface area (Å²) in [6.07, 6.45) is 14.7. The Bertz CT molecular complexity index is 1550. The monoisotopic (exact) mass is 547 g/mol. The Morgan fingerprint density at radius 3 is 2.69 bits per heavy atom. The quantitative estimate of drug-likeness (QED) is 0.322. The summed E-state index contributed by atoms with van der Waals surface area (Å²) >= 11 is 6.40. The molecule has 4 aromatic heterocycles. The topological polar surface area (TPSA) is 106 Å². The molecule has 0 radical (unpaired) electrons. The number of fused-ring (bicyclic) bond motifs is 2. The Hall–Kier alpha value is -3.20. The molecule has 39 heavy (non-hydrogen) atoms. The number of aromatic nitrogens is 6. The van der Waals surface area contributed by atoms with Crippen LogP contribution in [0, 0.1) is 17.8 Å². The number of piperidine rings is 1. The SMILES string of the molecule is CC1CCC(Cn2c(N3CCCC4CCCC43)nc3cc(-c4n[nH]c(=O)o4)nc(-c4cncc(Cl)c4)c32)CC1. The van der Waals surface area contributed by atoms with Gasteiger partial charge in [0, 0.05) is 37.1 Å². The van der Waals surface area contributed by atoms with Crippen LogP contribution >= 0.6 is 11.6 Å². The Balaban J connectivity index is 1.44. The molecule has 10 heteroatoms. The molecule has 1 saturated heterocycles. The van der Waals surface area contributed by atoms with Gasteiger partial charge in [-0.15, -0.1) is 5.10 Å². The van der Waals surface area contributed by atoms with Crippen LogP contribution in [0.25, 0.3) is 33.9 Å². The van der Waals surface area contributed by atoms with E-state index in [1.54, 1.807) is 12.4 Å². The van der Waals surface area contributed by atoms with E-state index in [4.69, 9.17) is 26.0 Å². The lowest BCUT2D eigenvalue weighted by Crippen LogP contribution is -2.44. The molecule has 5 heterocycles. The van der Waals surface area contributed by atoms with Crippen molar-refractivity contribution >= 4 is 28.6 Å². The van der Waals surface area contributed by atoms with Crippen LogP contribution in [0.3, 0.4) is 0 Å². The van der Waals surface area contributed by atoms with Crippen LogP contribution in [0.5, 0.6) is 0 Å². The Kier molecular flexibility index (Phi) is 6.41. The molecule has 4 aromatic rings. The number of nitrogens with zero attached hydrogens (tertiary/aromatic N) is 6. The average molecular weight is 548 g/mol. The highest BCUT2D eigenvalue weighted by molar-refractivity contribution is 6.30. The molecule has 0 spiro atoms.